The number of anilines is 1. The summed E-state index contributed by atoms with van der Waals surface area (Å²) in [4.78, 5) is 16.8. The number of aromatic nitrogens is 1. The van der Waals surface area contributed by atoms with Crippen molar-refractivity contribution in [1.29, 1.82) is 0 Å². The lowest BCUT2D eigenvalue weighted by molar-refractivity contribution is -0.384. The maximum Gasteiger partial charge on any atom is 0.312 e. The Morgan fingerprint density at radius 2 is 2.35 bits per heavy atom. The topological polar surface area (TPSA) is 118 Å². The maximum absolute atomic E-state index is 11.2. The molecule has 0 bridgehead atoms. The number of rotatable bonds is 3. The van der Waals surface area contributed by atoms with E-state index in [1.165, 1.54) is 12.3 Å². The molecule has 0 spiro atoms. The highest BCUT2D eigenvalue weighted by Crippen LogP contribution is 2.28. The van der Waals surface area contributed by atoms with Gasteiger partial charge < -0.3 is 15.8 Å². The Hall–Kier alpha value is -2.03. The molecule has 0 amide bonds. The third-order valence-electron chi connectivity index (χ3n) is 2.97. The number of hydrogen-bond acceptors (Lipinski definition) is 7. The molecule has 2 heterocycles. The third kappa shape index (κ3) is 3.10. The Bertz CT molecular complexity index is 529. The fourth-order valence-electron chi connectivity index (χ4n) is 1.98. The molecule has 1 aromatic heterocycles. The van der Waals surface area contributed by atoms with Gasteiger partial charge in [0.25, 0.3) is 0 Å². The van der Waals surface area contributed by atoms with Gasteiger partial charge in [-0.15, -0.1) is 0 Å². The number of amidine groups is 1. The first kappa shape index (κ1) is 14.4. The zero-order valence-corrected chi connectivity index (χ0v) is 11.5. The largest absolute Gasteiger partial charge is 0.409 e. The van der Waals surface area contributed by atoms with Crippen molar-refractivity contribution in [2.24, 2.45) is 10.9 Å². The van der Waals surface area contributed by atoms with Crippen LogP contribution in [-0.4, -0.2) is 45.5 Å². The van der Waals surface area contributed by atoms with Crippen molar-refractivity contribution in [2.75, 3.05) is 29.5 Å². The smallest absolute Gasteiger partial charge is 0.312 e. The summed E-state index contributed by atoms with van der Waals surface area (Å²) in [6.07, 6.45) is 2.35. The molecule has 8 nitrogen and oxygen atoms in total. The number of pyridine rings is 1. The van der Waals surface area contributed by atoms with E-state index in [1.807, 2.05) is 16.7 Å². The van der Waals surface area contributed by atoms with Gasteiger partial charge in [-0.2, -0.15) is 11.8 Å². The van der Waals surface area contributed by atoms with E-state index in [0.29, 0.717) is 5.82 Å². The second kappa shape index (κ2) is 6.42. The van der Waals surface area contributed by atoms with E-state index in [9.17, 15) is 10.1 Å². The van der Waals surface area contributed by atoms with Crippen LogP contribution in [-0.2, 0) is 0 Å². The molecule has 1 aromatic rings. The first-order valence-electron chi connectivity index (χ1n) is 6.08. The number of nitrogens with two attached hydrogens (primary N) is 1. The standard InChI is InChI=1S/C11H15N5O3S/c12-10(14-17)8-6-9(16(18)19)11(13-7-8)15-2-1-4-20-5-3-15/h6-7,17H,1-5H2,(H2,12,14). The lowest BCUT2D eigenvalue weighted by Gasteiger charge is -2.20. The quantitative estimate of drug-likeness (QED) is 0.281. The number of nitro groups is 1. The normalized spacial score (nSPS) is 16.8. The SMILES string of the molecule is NC(=NO)c1cnc(N2CCCSCC2)c([N+](=O)[O-])c1. The number of nitrogens with zero attached hydrogens (tertiary/aromatic N) is 4. The minimum atomic E-state index is -0.492. The molecule has 3 N–H and O–H groups in total. The first-order valence-corrected chi connectivity index (χ1v) is 7.24. The van der Waals surface area contributed by atoms with Gasteiger partial charge in [0.2, 0.25) is 5.82 Å². The summed E-state index contributed by atoms with van der Waals surface area (Å²) < 4.78 is 0. The average Bonchev–Trinajstić information content (AvgIpc) is 2.74. The Morgan fingerprint density at radius 1 is 1.55 bits per heavy atom. The molecule has 1 aliphatic heterocycles. The molecular weight excluding hydrogens is 282 g/mol. The molecule has 0 atom stereocenters. The van der Waals surface area contributed by atoms with Gasteiger partial charge >= 0.3 is 5.69 Å². The zero-order valence-electron chi connectivity index (χ0n) is 10.7. The molecular formula is C11H15N5O3S. The molecule has 0 saturated carbocycles. The second-order valence-corrected chi connectivity index (χ2v) is 5.49. The Balaban J connectivity index is 2.39. The van der Waals surface area contributed by atoms with Gasteiger partial charge in [0.05, 0.1) is 4.92 Å². The van der Waals surface area contributed by atoms with Crippen LogP contribution in [0.3, 0.4) is 0 Å². The van der Waals surface area contributed by atoms with E-state index < -0.39 is 4.92 Å². The summed E-state index contributed by atoms with van der Waals surface area (Å²) in [5.74, 6) is 2.11. The minimum absolute atomic E-state index is 0.124. The van der Waals surface area contributed by atoms with Crippen LogP contribution in [0.15, 0.2) is 17.4 Å². The summed E-state index contributed by atoms with van der Waals surface area (Å²) in [5, 5.41) is 22.7. The van der Waals surface area contributed by atoms with Crippen LogP contribution >= 0.6 is 11.8 Å². The van der Waals surface area contributed by atoms with Crippen LogP contribution in [0.25, 0.3) is 0 Å². The fraction of sp³-hybridized carbons (Fsp3) is 0.455. The molecule has 1 fully saturated rings. The highest BCUT2D eigenvalue weighted by atomic mass is 32.2. The fourth-order valence-corrected chi connectivity index (χ4v) is 2.87. The van der Waals surface area contributed by atoms with Crippen molar-refractivity contribution in [3.63, 3.8) is 0 Å². The van der Waals surface area contributed by atoms with Crippen LogP contribution in [0.5, 0.6) is 0 Å². The highest BCUT2D eigenvalue weighted by molar-refractivity contribution is 7.99. The zero-order chi connectivity index (χ0) is 14.5. The molecule has 0 aromatic carbocycles. The molecule has 9 heteroatoms. The molecule has 0 aliphatic carbocycles. The van der Waals surface area contributed by atoms with E-state index in [1.54, 1.807) is 0 Å². The van der Waals surface area contributed by atoms with Crippen LogP contribution in [0, 0.1) is 10.1 Å². The van der Waals surface area contributed by atoms with E-state index in [4.69, 9.17) is 10.9 Å². The summed E-state index contributed by atoms with van der Waals surface area (Å²) in [7, 11) is 0. The monoisotopic (exact) mass is 297 g/mol. The van der Waals surface area contributed by atoms with Gasteiger partial charge in [0, 0.05) is 36.7 Å². The van der Waals surface area contributed by atoms with Gasteiger partial charge in [0.15, 0.2) is 5.84 Å². The molecule has 0 radical (unpaired) electrons. The van der Waals surface area contributed by atoms with Gasteiger partial charge in [0.1, 0.15) is 0 Å². The van der Waals surface area contributed by atoms with Crippen LogP contribution in [0.1, 0.15) is 12.0 Å². The molecule has 1 saturated heterocycles. The van der Waals surface area contributed by atoms with Crippen molar-refractivity contribution < 1.29 is 10.1 Å². The molecule has 0 unspecified atom stereocenters. The predicted molar refractivity (Wildman–Crippen MR) is 77.6 cm³/mol. The Morgan fingerprint density at radius 3 is 3.05 bits per heavy atom. The van der Waals surface area contributed by atoms with E-state index >= 15 is 0 Å². The molecule has 2 rings (SSSR count). The van der Waals surface area contributed by atoms with Crippen molar-refractivity contribution in [2.45, 2.75) is 6.42 Å². The number of hydrogen-bond donors (Lipinski definition) is 2. The molecule has 20 heavy (non-hydrogen) atoms. The molecule has 1 aliphatic rings. The van der Waals surface area contributed by atoms with E-state index in [-0.39, 0.29) is 17.1 Å². The van der Waals surface area contributed by atoms with Crippen molar-refractivity contribution in [3.05, 3.63) is 27.9 Å². The first-order chi connectivity index (χ1) is 9.63. The van der Waals surface area contributed by atoms with Crippen LogP contribution < -0.4 is 10.6 Å². The summed E-state index contributed by atoms with van der Waals surface area (Å²) in [6.45, 7) is 1.46. The Kier molecular flexibility index (Phi) is 4.61. The van der Waals surface area contributed by atoms with E-state index in [2.05, 4.69) is 10.1 Å². The van der Waals surface area contributed by atoms with Gasteiger partial charge in [-0.25, -0.2) is 4.98 Å². The molecule has 108 valence electrons. The highest BCUT2D eigenvalue weighted by Gasteiger charge is 2.23. The maximum atomic E-state index is 11.2. The number of oxime groups is 1. The van der Waals surface area contributed by atoms with Gasteiger partial charge in [-0.05, 0) is 12.2 Å². The van der Waals surface area contributed by atoms with Crippen molar-refractivity contribution >= 4 is 29.1 Å². The van der Waals surface area contributed by atoms with Crippen molar-refractivity contribution in [3.8, 4) is 0 Å². The number of thioether (sulfide) groups is 1. The third-order valence-corrected chi connectivity index (χ3v) is 4.02. The summed E-state index contributed by atoms with van der Waals surface area (Å²) in [5.41, 5.74) is 5.54. The summed E-state index contributed by atoms with van der Waals surface area (Å²) in [6, 6.07) is 1.29. The van der Waals surface area contributed by atoms with Crippen LogP contribution in [0.4, 0.5) is 11.5 Å². The average molecular weight is 297 g/mol. The van der Waals surface area contributed by atoms with Crippen LogP contribution in [0.2, 0.25) is 0 Å². The predicted octanol–water partition coefficient (Wildman–Crippen LogP) is 1.03. The summed E-state index contributed by atoms with van der Waals surface area (Å²) >= 11 is 1.83. The lowest BCUT2D eigenvalue weighted by Crippen LogP contribution is -2.27. The van der Waals surface area contributed by atoms with E-state index in [0.717, 1.165) is 31.0 Å². The minimum Gasteiger partial charge on any atom is -0.409 e. The van der Waals surface area contributed by atoms with Gasteiger partial charge in [-0.3, -0.25) is 10.1 Å². The lowest BCUT2D eigenvalue weighted by atomic mass is 10.2. The Labute approximate surface area is 119 Å². The van der Waals surface area contributed by atoms with Crippen molar-refractivity contribution in [1.82, 2.24) is 4.98 Å². The second-order valence-electron chi connectivity index (χ2n) is 4.26. The van der Waals surface area contributed by atoms with Gasteiger partial charge in [-0.1, -0.05) is 5.16 Å².